The van der Waals surface area contributed by atoms with Gasteiger partial charge in [-0.2, -0.15) is 8.78 Å². The molecule has 0 atom stereocenters. The van der Waals surface area contributed by atoms with Crippen LogP contribution in [0.4, 0.5) is 8.78 Å². The number of amides is 1. The van der Waals surface area contributed by atoms with Crippen molar-refractivity contribution in [3.8, 4) is 11.5 Å². The zero-order valence-electron chi connectivity index (χ0n) is 18.2. The quantitative estimate of drug-likeness (QED) is 0.178. The maximum atomic E-state index is 12.8. The van der Waals surface area contributed by atoms with E-state index < -0.39 is 6.61 Å². The number of rotatable bonds is 12. The summed E-state index contributed by atoms with van der Waals surface area (Å²) >= 11 is 0. The average Bonchev–Trinajstić information content (AvgIpc) is 3.12. The second kappa shape index (κ2) is 15.0. The summed E-state index contributed by atoms with van der Waals surface area (Å²) in [6, 6.07) is 4.89. The molecule has 0 bridgehead atoms. The first-order valence-corrected chi connectivity index (χ1v) is 10.5. The summed E-state index contributed by atoms with van der Waals surface area (Å²) < 4.78 is 35.8. The van der Waals surface area contributed by atoms with Crippen molar-refractivity contribution in [3.63, 3.8) is 0 Å². The molecule has 1 aromatic carbocycles. The molecule has 1 fully saturated rings. The number of nitrogens with one attached hydrogen (secondary N) is 2. The van der Waals surface area contributed by atoms with Crippen LogP contribution in [-0.2, 0) is 11.3 Å². The highest BCUT2D eigenvalue weighted by molar-refractivity contribution is 14.0. The van der Waals surface area contributed by atoms with Gasteiger partial charge in [0.15, 0.2) is 5.96 Å². The van der Waals surface area contributed by atoms with Crippen molar-refractivity contribution < 1.29 is 23.0 Å². The number of likely N-dealkylation sites (tertiary alicyclic amines) is 1. The minimum Gasteiger partial charge on any atom is -0.493 e. The number of alkyl halides is 2. The minimum atomic E-state index is -2.92. The number of carbonyl (C=O) groups is 1. The van der Waals surface area contributed by atoms with Crippen LogP contribution in [0.2, 0.25) is 0 Å². The van der Waals surface area contributed by atoms with Crippen LogP contribution in [0.15, 0.2) is 23.2 Å². The van der Waals surface area contributed by atoms with E-state index in [-0.39, 0.29) is 42.2 Å². The van der Waals surface area contributed by atoms with Gasteiger partial charge in [0.1, 0.15) is 11.5 Å². The smallest absolute Gasteiger partial charge is 0.387 e. The molecule has 0 aromatic heterocycles. The molecule has 1 aromatic rings. The fraction of sp³-hybridized carbons (Fsp3) is 0.619. The van der Waals surface area contributed by atoms with Crippen LogP contribution in [0.25, 0.3) is 0 Å². The summed E-state index contributed by atoms with van der Waals surface area (Å²) in [4.78, 5) is 18.0. The number of nitrogens with zero attached hydrogens (tertiary/aromatic N) is 2. The predicted octanol–water partition coefficient (Wildman–Crippen LogP) is 3.76. The summed E-state index contributed by atoms with van der Waals surface area (Å²) in [5.74, 6) is 1.35. The van der Waals surface area contributed by atoms with Gasteiger partial charge in [-0.25, -0.2) is 4.99 Å². The molecule has 1 amide bonds. The summed E-state index contributed by atoms with van der Waals surface area (Å²) in [6.07, 6.45) is 3.20. The lowest BCUT2D eigenvalue weighted by Gasteiger charge is -2.17. The molecule has 1 saturated heterocycles. The molecular formula is C21H33F2IN4O3. The Labute approximate surface area is 200 Å². The van der Waals surface area contributed by atoms with Gasteiger partial charge in [0, 0.05) is 44.2 Å². The minimum absolute atomic E-state index is 0. The largest absolute Gasteiger partial charge is 0.493 e. The lowest BCUT2D eigenvalue weighted by molar-refractivity contribution is -0.127. The molecule has 2 rings (SSSR count). The van der Waals surface area contributed by atoms with Gasteiger partial charge in [0.2, 0.25) is 5.91 Å². The molecular weight excluding hydrogens is 521 g/mol. The Morgan fingerprint density at radius 3 is 2.74 bits per heavy atom. The number of aliphatic imine (C=N–C) groups is 1. The van der Waals surface area contributed by atoms with Crippen LogP contribution in [0.3, 0.4) is 0 Å². The van der Waals surface area contributed by atoms with Crippen molar-refractivity contribution in [2.24, 2.45) is 4.99 Å². The van der Waals surface area contributed by atoms with Crippen LogP contribution in [-0.4, -0.2) is 56.2 Å². The van der Waals surface area contributed by atoms with Gasteiger partial charge in [-0.3, -0.25) is 4.79 Å². The van der Waals surface area contributed by atoms with Gasteiger partial charge in [-0.1, -0.05) is 6.92 Å². The lowest BCUT2D eigenvalue weighted by Crippen LogP contribution is -2.39. The number of benzene rings is 1. The van der Waals surface area contributed by atoms with Gasteiger partial charge in [-0.05, 0) is 38.3 Å². The van der Waals surface area contributed by atoms with Gasteiger partial charge >= 0.3 is 6.61 Å². The topological polar surface area (TPSA) is 75.2 Å². The first-order valence-electron chi connectivity index (χ1n) is 10.5. The Morgan fingerprint density at radius 1 is 1.29 bits per heavy atom. The standard InChI is InChI=1S/C21H32F2N4O3.HI/c1-3-13-29-17-9-8-16(18(14-17)30-20(22)23)15-26-21(24-4-2)25-10-6-12-27-11-5-7-19(27)28;/h8-9,14,20H,3-7,10-13,15H2,1-2H3,(H2,24,25,26);1H. The Hall–Kier alpha value is -1.85. The molecule has 1 aliphatic heterocycles. The van der Waals surface area contributed by atoms with E-state index in [9.17, 15) is 13.6 Å². The third-order valence-electron chi connectivity index (χ3n) is 4.55. The fourth-order valence-electron chi connectivity index (χ4n) is 3.10. The van der Waals surface area contributed by atoms with Gasteiger partial charge < -0.3 is 25.0 Å². The third kappa shape index (κ3) is 9.88. The molecule has 0 aliphatic carbocycles. The summed E-state index contributed by atoms with van der Waals surface area (Å²) in [5.41, 5.74) is 0.541. The van der Waals surface area contributed by atoms with Gasteiger partial charge in [0.25, 0.3) is 0 Å². The Bertz CT molecular complexity index is 707. The van der Waals surface area contributed by atoms with Crippen LogP contribution in [0, 0.1) is 0 Å². The number of ether oxygens (including phenoxy) is 2. The molecule has 0 spiro atoms. The van der Waals surface area contributed by atoms with E-state index in [2.05, 4.69) is 20.4 Å². The number of guanidine groups is 1. The number of halogens is 3. The first kappa shape index (κ1) is 27.2. The Morgan fingerprint density at radius 2 is 2.10 bits per heavy atom. The molecule has 1 heterocycles. The highest BCUT2D eigenvalue weighted by Gasteiger charge is 2.19. The molecule has 2 N–H and O–H groups in total. The molecule has 0 unspecified atom stereocenters. The molecule has 0 radical (unpaired) electrons. The number of carbonyl (C=O) groups excluding carboxylic acids is 1. The van der Waals surface area contributed by atoms with Crippen molar-refractivity contribution in [2.75, 3.05) is 32.8 Å². The maximum Gasteiger partial charge on any atom is 0.387 e. The summed E-state index contributed by atoms with van der Waals surface area (Å²) in [6.45, 7) is 4.55. The monoisotopic (exact) mass is 554 g/mol. The lowest BCUT2D eigenvalue weighted by atomic mass is 10.2. The van der Waals surface area contributed by atoms with Crippen molar-refractivity contribution in [3.05, 3.63) is 23.8 Å². The Balaban J connectivity index is 0.00000480. The zero-order chi connectivity index (χ0) is 21.8. The van der Waals surface area contributed by atoms with Crippen molar-refractivity contribution >= 4 is 35.8 Å². The van der Waals surface area contributed by atoms with Crippen LogP contribution in [0.1, 0.15) is 45.1 Å². The molecule has 0 saturated carbocycles. The normalized spacial score (nSPS) is 13.9. The average molecular weight is 554 g/mol. The zero-order valence-corrected chi connectivity index (χ0v) is 20.5. The van der Waals surface area contributed by atoms with E-state index in [0.717, 1.165) is 32.4 Å². The van der Waals surface area contributed by atoms with Crippen molar-refractivity contribution in [1.29, 1.82) is 0 Å². The summed E-state index contributed by atoms with van der Waals surface area (Å²) in [7, 11) is 0. The molecule has 1 aliphatic rings. The van der Waals surface area contributed by atoms with E-state index in [1.807, 2.05) is 18.7 Å². The van der Waals surface area contributed by atoms with E-state index in [0.29, 0.717) is 43.4 Å². The van der Waals surface area contributed by atoms with Gasteiger partial charge in [0.05, 0.1) is 13.2 Å². The Kier molecular flexibility index (Phi) is 13.2. The molecule has 7 nitrogen and oxygen atoms in total. The van der Waals surface area contributed by atoms with Crippen LogP contribution in [0.5, 0.6) is 11.5 Å². The van der Waals surface area contributed by atoms with Gasteiger partial charge in [-0.15, -0.1) is 24.0 Å². The second-order valence-corrected chi connectivity index (χ2v) is 6.96. The van der Waals surface area contributed by atoms with E-state index >= 15 is 0 Å². The van der Waals surface area contributed by atoms with Crippen molar-refractivity contribution in [1.82, 2.24) is 15.5 Å². The van der Waals surface area contributed by atoms with E-state index in [4.69, 9.17) is 4.74 Å². The van der Waals surface area contributed by atoms with Crippen LogP contribution < -0.4 is 20.1 Å². The fourth-order valence-corrected chi connectivity index (χ4v) is 3.10. The first-order chi connectivity index (χ1) is 14.5. The number of hydrogen-bond donors (Lipinski definition) is 2. The molecule has 31 heavy (non-hydrogen) atoms. The SMILES string of the molecule is CCCOc1ccc(CN=C(NCC)NCCCN2CCCC2=O)c(OC(F)F)c1.I. The predicted molar refractivity (Wildman–Crippen MR) is 128 cm³/mol. The highest BCUT2D eigenvalue weighted by atomic mass is 127. The second-order valence-electron chi connectivity index (χ2n) is 6.96. The highest BCUT2D eigenvalue weighted by Crippen LogP contribution is 2.27. The summed E-state index contributed by atoms with van der Waals surface area (Å²) in [5, 5.41) is 6.35. The third-order valence-corrected chi connectivity index (χ3v) is 4.55. The molecule has 10 heteroatoms. The maximum absolute atomic E-state index is 12.8. The number of hydrogen-bond acceptors (Lipinski definition) is 4. The van der Waals surface area contributed by atoms with Crippen molar-refractivity contribution in [2.45, 2.75) is 52.7 Å². The van der Waals surface area contributed by atoms with E-state index in [1.165, 1.54) is 6.07 Å². The van der Waals surface area contributed by atoms with E-state index in [1.54, 1.807) is 12.1 Å². The van der Waals surface area contributed by atoms with Crippen LogP contribution >= 0.6 is 24.0 Å². The molecule has 176 valence electrons.